The molecule has 29 heavy (non-hydrogen) atoms. The predicted molar refractivity (Wildman–Crippen MR) is 107 cm³/mol. The first kappa shape index (κ1) is 18.8. The van der Waals surface area contributed by atoms with Gasteiger partial charge in [-0.15, -0.1) is 0 Å². The number of imidazole rings is 1. The molecule has 2 N–H and O–H groups in total. The number of amides is 2. The number of nitrogens with one attached hydrogen (secondary N) is 2. The van der Waals surface area contributed by atoms with Crippen LogP contribution in [0.1, 0.15) is 33.9 Å². The number of fused-ring (bicyclic) bond motifs is 1. The molecule has 2 amide bonds. The molecule has 0 unspecified atom stereocenters. The van der Waals surface area contributed by atoms with Crippen molar-refractivity contribution in [1.29, 1.82) is 0 Å². The van der Waals surface area contributed by atoms with Crippen LogP contribution in [0.4, 0.5) is 0 Å². The summed E-state index contributed by atoms with van der Waals surface area (Å²) in [6.07, 6.45) is 3.70. The second kappa shape index (κ2) is 8.22. The summed E-state index contributed by atoms with van der Waals surface area (Å²) in [6, 6.07) is 12.8. The minimum atomic E-state index is -0.350. The van der Waals surface area contributed by atoms with E-state index in [2.05, 4.69) is 15.6 Å². The molecule has 1 saturated carbocycles. The molecule has 0 spiro atoms. The third kappa shape index (κ3) is 4.31. The fourth-order valence-corrected chi connectivity index (χ4v) is 2.93. The summed E-state index contributed by atoms with van der Waals surface area (Å²) in [7, 11) is 1.60. The zero-order valence-electron chi connectivity index (χ0n) is 16.1. The van der Waals surface area contributed by atoms with Gasteiger partial charge in [-0.1, -0.05) is 6.07 Å². The van der Waals surface area contributed by atoms with Crippen molar-refractivity contribution in [3.63, 3.8) is 0 Å². The van der Waals surface area contributed by atoms with Crippen LogP contribution in [0.3, 0.4) is 0 Å². The Labute approximate surface area is 167 Å². The molecule has 1 aromatic carbocycles. The van der Waals surface area contributed by atoms with Crippen molar-refractivity contribution >= 4 is 17.3 Å². The lowest BCUT2D eigenvalue weighted by Crippen LogP contribution is -2.29. The molecular weight excluding hydrogens is 372 g/mol. The molecular formula is C21H22N4O4. The van der Waals surface area contributed by atoms with E-state index in [-0.39, 0.29) is 29.4 Å². The largest absolute Gasteiger partial charge is 0.497 e. The Balaban J connectivity index is 1.39. The monoisotopic (exact) mass is 394 g/mol. The van der Waals surface area contributed by atoms with Gasteiger partial charge in [-0.05, 0) is 49.2 Å². The van der Waals surface area contributed by atoms with Gasteiger partial charge in [0.25, 0.3) is 11.8 Å². The topological polar surface area (TPSA) is 94.0 Å². The summed E-state index contributed by atoms with van der Waals surface area (Å²) < 4.78 is 12.4. The fraction of sp³-hybridized carbons (Fsp3) is 0.286. The van der Waals surface area contributed by atoms with Crippen molar-refractivity contribution in [3.05, 3.63) is 60.2 Å². The summed E-state index contributed by atoms with van der Waals surface area (Å²) in [4.78, 5) is 29.4. The minimum Gasteiger partial charge on any atom is -0.497 e. The zero-order valence-corrected chi connectivity index (χ0v) is 16.1. The molecule has 0 radical (unpaired) electrons. The Morgan fingerprint density at radius 3 is 2.59 bits per heavy atom. The van der Waals surface area contributed by atoms with E-state index in [9.17, 15) is 9.59 Å². The zero-order chi connectivity index (χ0) is 20.2. The van der Waals surface area contributed by atoms with Crippen molar-refractivity contribution in [2.75, 3.05) is 20.3 Å². The van der Waals surface area contributed by atoms with Crippen molar-refractivity contribution < 1.29 is 19.1 Å². The maximum absolute atomic E-state index is 12.6. The third-order valence-electron chi connectivity index (χ3n) is 4.59. The van der Waals surface area contributed by atoms with Gasteiger partial charge in [0, 0.05) is 12.2 Å². The van der Waals surface area contributed by atoms with E-state index in [1.54, 1.807) is 54.1 Å². The van der Waals surface area contributed by atoms with Crippen LogP contribution in [0.15, 0.2) is 48.7 Å². The summed E-state index contributed by atoms with van der Waals surface area (Å²) >= 11 is 0. The predicted octanol–water partition coefficient (Wildman–Crippen LogP) is 2.04. The lowest BCUT2D eigenvalue weighted by molar-refractivity contribution is 0.0939. The molecule has 0 saturated heterocycles. The van der Waals surface area contributed by atoms with Crippen LogP contribution in [0, 0.1) is 0 Å². The Morgan fingerprint density at radius 1 is 1.10 bits per heavy atom. The number of aromatic nitrogens is 2. The highest BCUT2D eigenvalue weighted by Crippen LogP contribution is 2.20. The third-order valence-corrected chi connectivity index (χ3v) is 4.59. The van der Waals surface area contributed by atoms with Gasteiger partial charge < -0.3 is 20.1 Å². The van der Waals surface area contributed by atoms with Gasteiger partial charge in [-0.3, -0.25) is 14.0 Å². The molecule has 4 rings (SSSR count). The number of nitrogens with zero attached hydrogens (tertiary/aromatic N) is 2. The van der Waals surface area contributed by atoms with Crippen molar-refractivity contribution in [2.24, 2.45) is 0 Å². The second-order valence-corrected chi connectivity index (χ2v) is 6.77. The normalized spacial score (nSPS) is 13.1. The minimum absolute atomic E-state index is 0.214. The number of benzene rings is 1. The van der Waals surface area contributed by atoms with Crippen molar-refractivity contribution in [3.8, 4) is 11.5 Å². The Bertz CT molecular complexity index is 1020. The first-order valence-electron chi connectivity index (χ1n) is 9.48. The molecule has 0 aliphatic heterocycles. The Morgan fingerprint density at radius 2 is 1.86 bits per heavy atom. The number of hydrogen-bond acceptors (Lipinski definition) is 5. The summed E-state index contributed by atoms with van der Waals surface area (Å²) in [5, 5.41) is 5.70. The molecule has 1 aliphatic carbocycles. The molecule has 1 aliphatic rings. The highest BCUT2D eigenvalue weighted by Gasteiger charge is 2.27. The van der Waals surface area contributed by atoms with E-state index in [1.807, 2.05) is 6.07 Å². The van der Waals surface area contributed by atoms with E-state index in [1.165, 1.54) is 0 Å². The Kier molecular flexibility index (Phi) is 5.33. The number of rotatable bonds is 8. The van der Waals surface area contributed by atoms with Crippen molar-refractivity contribution in [2.45, 2.75) is 18.9 Å². The summed E-state index contributed by atoms with van der Waals surface area (Å²) in [5.74, 6) is 1.03. The van der Waals surface area contributed by atoms with Crippen LogP contribution in [0.5, 0.6) is 11.5 Å². The molecule has 0 atom stereocenters. The van der Waals surface area contributed by atoms with Crippen LogP contribution in [0.2, 0.25) is 0 Å². The maximum atomic E-state index is 12.6. The van der Waals surface area contributed by atoms with Gasteiger partial charge in [0.15, 0.2) is 5.69 Å². The average molecular weight is 394 g/mol. The van der Waals surface area contributed by atoms with Crippen LogP contribution >= 0.6 is 0 Å². The molecule has 8 heteroatoms. The number of carbonyl (C=O) groups excluding carboxylic acids is 2. The lowest BCUT2D eigenvalue weighted by Gasteiger charge is -2.08. The van der Waals surface area contributed by atoms with Gasteiger partial charge in [-0.25, -0.2) is 4.98 Å². The molecule has 8 nitrogen and oxygen atoms in total. The molecule has 150 valence electrons. The van der Waals surface area contributed by atoms with Gasteiger partial charge >= 0.3 is 0 Å². The van der Waals surface area contributed by atoms with Crippen LogP contribution in [0.25, 0.3) is 5.52 Å². The van der Waals surface area contributed by atoms with Gasteiger partial charge in [-0.2, -0.15) is 0 Å². The van der Waals surface area contributed by atoms with Gasteiger partial charge in [0.1, 0.15) is 18.1 Å². The molecule has 2 heterocycles. The van der Waals surface area contributed by atoms with Gasteiger partial charge in [0.2, 0.25) is 5.82 Å². The smallest absolute Gasteiger partial charge is 0.287 e. The summed E-state index contributed by atoms with van der Waals surface area (Å²) in [6.45, 7) is 0.610. The number of carbonyl (C=O) groups is 2. The van der Waals surface area contributed by atoms with Crippen molar-refractivity contribution in [1.82, 2.24) is 20.0 Å². The SMILES string of the molecule is COc1ccc(OCCNC(=O)c2nc(C(=O)NC3CC3)n3ccccc23)cc1. The maximum Gasteiger partial charge on any atom is 0.287 e. The molecule has 3 aromatic rings. The number of ether oxygens (including phenoxy) is 2. The molecule has 0 bridgehead atoms. The standard InChI is InChI=1S/C21H22N4O4/c1-28-15-7-9-16(10-8-15)29-13-11-22-20(26)18-17-4-2-3-12-25(17)19(24-18)21(27)23-14-5-6-14/h2-4,7-10,12,14H,5-6,11,13H2,1H3,(H,22,26)(H,23,27). The van der Waals surface area contributed by atoms with E-state index in [0.717, 1.165) is 18.6 Å². The van der Waals surface area contributed by atoms with E-state index in [0.29, 0.717) is 24.4 Å². The fourth-order valence-electron chi connectivity index (χ4n) is 2.93. The number of methoxy groups -OCH3 is 1. The first-order chi connectivity index (χ1) is 14.2. The first-order valence-corrected chi connectivity index (χ1v) is 9.48. The quantitative estimate of drug-likeness (QED) is 0.571. The molecule has 2 aromatic heterocycles. The highest BCUT2D eigenvalue weighted by atomic mass is 16.5. The van der Waals surface area contributed by atoms with E-state index >= 15 is 0 Å². The van der Waals surface area contributed by atoms with E-state index in [4.69, 9.17) is 9.47 Å². The van der Waals surface area contributed by atoms with Crippen LogP contribution in [-0.4, -0.2) is 47.5 Å². The number of hydrogen-bond donors (Lipinski definition) is 2. The number of pyridine rings is 1. The summed E-state index contributed by atoms with van der Waals surface area (Å²) in [5.41, 5.74) is 0.804. The Hall–Kier alpha value is -3.55. The van der Waals surface area contributed by atoms with Crippen LogP contribution < -0.4 is 20.1 Å². The lowest BCUT2D eigenvalue weighted by atomic mass is 10.3. The highest BCUT2D eigenvalue weighted by molar-refractivity contribution is 6.02. The van der Waals surface area contributed by atoms with Gasteiger partial charge in [0.05, 0.1) is 19.2 Å². The molecule has 1 fully saturated rings. The average Bonchev–Trinajstić information content (AvgIpc) is 3.48. The van der Waals surface area contributed by atoms with Crippen LogP contribution in [-0.2, 0) is 0 Å². The second-order valence-electron chi connectivity index (χ2n) is 6.77. The van der Waals surface area contributed by atoms with E-state index < -0.39 is 0 Å².